The van der Waals surface area contributed by atoms with Crippen molar-refractivity contribution in [3.8, 4) is 0 Å². The molecule has 3 nitrogen and oxygen atoms in total. The molecule has 0 saturated carbocycles. The second kappa shape index (κ2) is 6.96. The van der Waals surface area contributed by atoms with Crippen molar-refractivity contribution in [1.29, 1.82) is 0 Å². The first kappa shape index (κ1) is 14.4. The van der Waals surface area contributed by atoms with Gasteiger partial charge in [-0.15, -0.1) is 0 Å². The first-order chi connectivity index (χ1) is 9.20. The van der Waals surface area contributed by atoms with Gasteiger partial charge in [-0.2, -0.15) is 0 Å². The molecule has 0 unspecified atom stereocenters. The molecule has 2 heterocycles. The van der Waals surface area contributed by atoms with Crippen LogP contribution in [0.5, 0.6) is 0 Å². The van der Waals surface area contributed by atoms with Gasteiger partial charge in [0.25, 0.3) is 0 Å². The molecule has 1 aliphatic heterocycles. The van der Waals surface area contributed by atoms with Crippen molar-refractivity contribution in [1.82, 2.24) is 9.88 Å². The minimum atomic E-state index is 0.400. The molecular formula is C15H23N3S. The Hall–Kier alpha value is -1.00. The van der Waals surface area contributed by atoms with E-state index in [9.17, 15) is 0 Å². The van der Waals surface area contributed by atoms with Gasteiger partial charge in [-0.05, 0) is 43.5 Å². The highest BCUT2D eigenvalue weighted by Gasteiger charge is 2.19. The van der Waals surface area contributed by atoms with Crippen molar-refractivity contribution < 1.29 is 0 Å². The van der Waals surface area contributed by atoms with Crippen LogP contribution in [0, 0.1) is 5.92 Å². The zero-order valence-electron chi connectivity index (χ0n) is 11.6. The number of hydrogen-bond donors (Lipinski definition) is 1. The van der Waals surface area contributed by atoms with Gasteiger partial charge in [0.15, 0.2) is 0 Å². The van der Waals surface area contributed by atoms with Gasteiger partial charge in [-0.3, -0.25) is 9.88 Å². The van der Waals surface area contributed by atoms with Gasteiger partial charge in [0.05, 0.1) is 0 Å². The van der Waals surface area contributed by atoms with Crippen molar-refractivity contribution in [3.05, 3.63) is 29.6 Å². The third-order valence-corrected chi connectivity index (χ3v) is 4.12. The molecular weight excluding hydrogens is 254 g/mol. The summed E-state index contributed by atoms with van der Waals surface area (Å²) < 4.78 is 0. The number of nitrogens with two attached hydrogens (primary N) is 1. The normalized spacial score (nSPS) is 17.5. The summed E-state index contributed by atoms with van der Waals surface area (Å²) >= 11 is 5.07. The molecule has 19 heavy (non-hydrogen) atoms. The summed E-state index contributed by atoms with van der Waals surface area (Å²) in [7, 11) is 0. The summed E-state index contributed by atoms with van der Waals surface area (Å²) in [5.41, 5.74) is 7.67. The number of hydrogen-bond acceptors (Lipinski definition) is 3. The standard InChI is InChI=1S/C15H23N3S/c1-2-4-12-6-9-18(10-7-12)11-13-5-3-8-17-14(13)15(16)19/h3,5,8,12H,2,4,6-7,9-11H2,1H3,(H2,16,19). The first-order valence-corrected chi connectivity index (χ1v) is 7.57. The van der Waals surface area contributed by atoms with Crippen LogP contribution in [0.2, 0.25) is 0 Å². The van der Waals surface area contributed by atoms with Gasteiger partial charge in [0.2, 0.25) is 0 Å². The van der Waals surface area contributed by atoms with Crippen molar-refractivity contribution in [2.45, 2.75) is 39.2 Å². The average Bonchev–Trinajstić information content (AvgIpc) is 2.42. The van der Waals surface area contributed by atoms with E-state index in [1.165, 1.54) is 38.8 Å². The summed E-state index contributed by atoms with van der Waals surface area (Å²) in [5, 5.41) is 0. The van der Waals surface area contributed by atoms with Gasteiger partial charge in [0, 0.05) is 12.7 Å². The zero-order chi connectivity index (χ0) is 13.7. The minimum absolute atomic E-state index is 0.400. The molecule has 2 N–H and O–H groups in total. The molecule has 104 valence electrons. The molecule has 2 rings (SSSR count). The number of piperidine rings is 1. The van der Waals surface area contributed by atoms with Gasteiger partial charge >= 0.3 is 0 Å². The maximum absolute atomic E-state index is 5.73. The second-order valence-corrected chi connectivity index (χ2v) is 5.82. The highest BCUT2D eigenvalue weighted by molar-refractivity contribution is 7.80. The topological polar surface area (TPSA) is 42.2 Å². The number of aromatic nitrogens is 1. The smallest absolute Gasteiger partial charge is 0.123 e. The Balaban J connectivity index is 1.94. The molecule has 0 amide bonds. The Morgan fingerprint density at radius 3 is 2.84 bits per heavy atom. The van der Waals surface area contributed by atoms with E-state index in [1.54, 1.807) is 6.20 Å². The van der Waals surface area contributed by atoms with E-state index in [2.05, 4.69) is 22.9 Å². The molecule has 0 aliphatic carbocycles. The summed E-state index contributed by atoms with van der Waals surface area (Å²) in [6, 6.07) is 4.04. The molecule has 0 spiro atoms. The molecule has 1 saturated heterocycles. The quantitative estimate of drug-likeness (QED) is 0.840. The average molecular weight is 277 g/mol. The fourth-order valence-electron chi connectivity index (χ4n) is 2.87. The largest absolute Gasteiger partial charge is 0.388 e. The summed E-state index contributed by atoms with van der Waals surface area (Å²) in [4.78, 5) is 7.19. The van der Waals surface area contributed by atoms with E-state index in [4.69, 9.17) is 18.0 Å². The van der Waals surface area contributed by atoms with E-state index in [1.807, 2.05) is 6.07 Å². The third-order valence-electron chi connectivity index (χ3n) is 3.92. The zero-order valence-corrected chi connectivity index (χ0v) is 12.5. The molecule has 0 atom stereocenters. The Morgan fingerprint density at radius 1 is 1.47 bits per heavy atom. The van der Waals surface area contributed by atoms with Gasteiger partial charge in [-0.25, -0.2) is 0 Å². The van der Waals surface area contributed by atoms with Crippen molar-refractivity contribution >= 4 is 17.2 Å². The summed E-state index contributed by atoms with van der Waals surface area (Å²) in [6.07, 6.45) is 7.07. The predicted molar refractivity (Wildman–Crippen MR) is 83.0 cm³/mol. The van der Waals surface area contributed by atoms with Crippen LogP contribution in [-0.4, -0.2) is 28.0 Å². The van der Waals surface area contributed by atoms with Crippen LogP contribution < -0.4 is 5.73 Å². The van der Waals surface area contributed by atoms with Crippen molar-refractivity contribution in [2.75, 3.05) is 13.1 Å². The number of thiocarbonyl (C=S) groups is 1. The SMILES string of the molecule is CCCC1CCN(Cc2cccnc2C(N)=S)CC1. The Labute approximate surface area is 121 Å². The van der Waals surface area contributed by atoms with Crippen LogP contribution in [0.3, 0.4) is 0 Å². The molecule has 0 aromatic carbocycles. The second-order valence-electron chi connectivity index (χ2n) is 5.38. The molecule has 1 aromatic rings. The molecule has 4 heteroatoms. The van der Waals surface area contributed by atoms with E-state index < -0.39 is 0 Å². The van der Waals surface area contributed by atoms with Crippen molar-refractivity contribution in [3.63, 3.8) is 0 Å². The first-order valence-electron chi connectivity index (χ1n) is 7.16. The van der Waals surface area contributed by atoms with Crippen LogP contribution >= 0.6 is 12.2 Å². The Bertz CT molecular complexity index is 425. The van der Waals surface area contributed by atoms with E-state index in [0.717, 1.165) is 23.7 Å². The van der Waals surface area contributed by atoms with Crippen molar-refractivity contribution in [2.24, 2.45) is 11.7 Å². The van der Waals surface area contributed by atoms with Crippen LogP contribution in [0.15, 0.2) is 18.3 Å². The molecule has 0 radical (unpaired) electrons. The van der Waals surface area contributed by atoms with E-state index in [-0.39, 0.29) is 0 Å². The van der Waals surface area contributed by atoms with Crippen LogP contribution in [0.25, 0.3) is 0 Å². The number of pyridine rings is 1. The van der Waals surface area contributed by atoms with Gasteiger partial charge in [0.1, 0.15) is 10.7 Å². The van der Waals surface area contributed by atoms with E-state index >= 15 is 0 Å². The summed E-state index contributed by atoms with van der Waals surface area (Å²) in [6.45, 7) is 5.54. The maximum Gasteiger partial charge on any atom is 0.123 e. The lowest BCUT2D eigenvalue weighted by atomic mass is 9.92. The lowest BCUT2D eigenvalue weighted by molar-refractivity contribution is 0.171. The lowest BCUT2D eigenvalue weighted by Gasteiger charge is -2.32. The fraction of sp³-hybridized carbons (Fsp3) is 0.600. The Kier molecular flexibility index (Phi) is 5.28. The Morgan fingerprint density at radius 2 is 2.21 bits per heavy atom. The molecule has 1 fully saturated rings. The van der Waals surface area contributed by atoms with Gasteiger partial charge < -0.3 is 5.73 Å². The number of likely N-dealkylation sites (tertiary alicyclic amines) is 1. The third kappa shape index (κ3) is 3.98. The minimum Gasteiger partial charge on any atom is -0.388 e. The highest BCUT2D eigenvalue weighted by Crippen LogP contribution is 2.23. The number of rotatable bonds is 5. The van der Waals surface area contributed by atoms with Crippen LogP contribution in [-0.2, 0) is 6.54 Å². The van der Waals surface area contributed by atoms with Crippen LogP contribution in [0.1, 0.15) is 43.9 Å². The van der Waals surface area contributed by atoms with Crippen LogP contribution in [0.4, 0.5) is 0 Å². The maximum atomic E-state index is 5.73. The van der Waals surface area contributed by atoms with Gasteiger partial charge in [-0.1, -0.05) is 38.0 Å². The highest BCUT2D eigenvalue weighted by atomic mass is 32.1. The summed E-state index contributed by atoms with van der Waals surface area (Å²) in [5.74, 6) is 0.921. The molecule has 1 aliphatic rings. The number of nitrogens with zero attached hydrogens (tertiary/aromatic N) is 2. The van der Waals surface area contributed by atoms with E-state index in [0.29, 0.717) is 4.99 Å². The fourth-order valence-corrected chi connectivity index (χ4v) is 3.05. The lowest BCUT2D eigenvalue weighted by Crippen LogP contribution is -2.34. The monoisotopic (exact) mass is 277 g/mol. The predicted octanol–water partition coefficient (Wildman–Crippen LogP) is 2.73. The molecule has 1 aromatic heterocycles. The molecule has 0 bridgehead atoms.